The van der Waals surface area contributed by atoms with Crippen LogP contribution in [0.25, 0.3) is 11.0 Å². The molecule has 2 aromatic heterocycles. The highest BCUT2D eigenvalue weighted by Gasteiger charge is 2.28. The van der Waals surface area contributed by atoms with Gasteiger partial charge in [-0.05, 0) is 38.7 Å². The van der Waals surface area contributed by atoms with Crippen LogP contribution in [0.2, 0.25) is 0 Å². The van der Waals surface area contributed by atoms with Crippen LogP contribution < -0.4 is 5.73 Å². The highest BCUT2D eigenvalue weighted by Crippen LogP contribution is 2.24. The Bertz CT molecular complexity index is 706. The molecule has 1 aliphatic rings. The van der Waals surface area contributed by atoms with E-state index in [2.05, 4.69) is 10.1 Å². The average molecular weight is 301 g/mol. The van der Waals surface area contributed by atoms with Crippen LogP contribution in [0.1, 0.15) is 35.8 Å². The van der Waals surface area contributed by atoms with E-state index in [4.69, 9.17) is 5.73 Å². The number of aryl methyl sites for hydroxylation is 2. The molecule has 1 saturated heterocycles. The molecular weight excluding hydrogens is 278 g/mol. The number of nitrogens with zero attached hydrogens (tertiary/aromatic N) is 4. The van der Waals surface area contributed by atoms with Gasteiger partial charge in [0.1, 0.15) is 0 Å². The first-order chi connectivity index (χ1) is 10.5. The Morgan fingerprint density at radius 3 is 3.00 bits per heavy atom. The number of piperidine rings is 1. The average Bonchev–Trinajstić information content (AvgIpc) is 2.87. The van der Waals surface area contributed by atoms with Crippen LogP contribution in [-0.4, -0.2) is 44.7 Å². The molecule has 3 heterocycles. The van der Waals surface area contributed by atoms with Gasteiger partial charge in [0.15, 0.2) is 5.65 Å². The van der Waals surface area contributed by atoms with Gasteiger partial charge < -0.3 is 10.6 Å². The third kappa shape index (κ3) is 2.59. The largest absolute Gasteiger partial charge is 0.338 e. The number of fused-ring (bicyclic) bond motifs is 1. The zero-order valence-electron chi connectivity index (χ0n) is 13.4. The summed E-state index contributed by atoms with van der Waals surface area (Å²) in [4.78, 5) is 19.4. The van der Waals surface area contributed by atoms with Crippen molar-refractivity contribution < 1.29 is 4.79 Å². The van der Waals surface area contributed by atoms with Crippen molar-refractivity contribution in [1.29, 1.82) is 0 Å². The first kappa shape index (κ1) is 15.0. The summed E-state index contributed by atoms with van der Waals surface area (Å²) in [5, 5.41) is 5.05. The third-order valence-electron chi connectivity index (χ3n) is 4.55. The third-order valence-corrected chi connectivity index (χ3v) is 4.55. The minimum Gasteiger partial charge on any atom is -0.338 e. The molecule has 6 heteroatoms. The lowest BCUT2D eigenvalue weighted by Crippen LogP contribution is -2.45. The van der Waals surface area contributed by atoms with E-state index < -0.39 is 0 Å². The molecule has 0 saturated carbocycles. The molecule has 1 aliphatic heterocycles. The molecule has 118 valence electrons. The number of aromatic nitrogens is 3. The lowest BCUT2D eigenvalue weighted by Gasteiger charge is -2.34. The minimum atomic E-state index is 0.0638. The standard InChI is InChI=1S/C16H23N5O/c1-10-7-13(14-8-18-20(3)15(14)19-10)16(22)21-6-4-5-12(9-21)11(2)17/h7-8,11-12H,4-6,9,17H2,1-3H3/t11-,12+/m0/s1. The Hall–Kier alpha value is -1.95. The second-order valence-electron chi connectivity index (χ2n) is 6.33. The molecule has 2 aromatic rings. The number of hydrogen-bond donors (Lipinski definition) is 1. The molecular formula is C16H23N5O. The zero-order valence-corrected chi connectivity index (χ0v) is 13.4. The van der Waals surface area contributed by atoms with Crippen LogP contribution in [0.5, 0.6) is 0 Å². The molecule has 1 fully saturated rings. The monoisotopic (exact) mass is 301 g/mol. The van der Waals surface area contributed by atoms with Crippen molar-refractivity contribution >= 4 is 16.9 Å². The molecule has 2 atom stereocenters. The van der Waals surface area contributed by atoms with Crippen molar-refractivity contribution in [3.05, 3.63) is 23.5 Å². The van der Waals surface area contributed by atoms with Crippen molar-refractivity contribution in [2.45, 2.75) is 32.7 Å². The van der Waals surface area contributed by atoms with E-state index in [0.717, 1.165) is 42.7 Å². The van der Waals surface area contributed by atoms with Crippen LogP contribution in [0.15, 0.2) is 12.3 Å². The van der Waals surface area contributed by atoms with Crippen LogP contribution >= 0.6 is 0 Å². The molecule has 0 radical (unpaired) electrons. The molecule has 0 aliphatic carbocycles. The van der Waals surface area contributed by atoms with E-state index in [1.807, 2.05) is 31.9 Å². The second-order valence-corrected chi connectivity index (χ2v) is 6.33. The maximum atomic E-state index is 13.0. The summed E-state index contributed by atoms with van der Waals surface area (Å²) >= 11 is 0. The minimum absolute atomic E-state index is 0.0638. The fourth-order valence-corrected chi connectivity index (χ4v) is 3.21. The van der Waals surface area contributed by atoms with E-state index in [-0.39, 0.29) is 11.9 Å². The SMILES string of the molecule is Cc1cc(C(=O)N2CCC[C@@H]([C@H](C)N)C2)c2cnn(C)c2n1. The number of amides is 1. The number of carbonyl (C=O) groups is 1. The van der Waals surface area contributed by atoms with E-state index >= 15 is 0 Å². The molecule has 3 rings (SSSR count). The highest BCUT2D eigenvalue weighted by molar-refractivity contribution is 6.05. The summed E-state index contributed by atoms with van der Waals surface area (Å²) in [5.41, 5.74) is 8.31. The van der Waals surface area contributed by atoms with Gasteiger partial charge in [-0.15, -0.1) is 0 Å². The summed E-state index contributed by atoms with van der Waals surface area (Å²) in [5.74, 6) is 0.443. The zero-order chi connectivity index (χ0) is 15.9. The number of hydrogen-bond acceptors (Lipinski definition) is 4. The van der Waals surface area contributed by atoms with Crippen molar-refractivity contribution in [3.63, 3.8) is 0 Å². The van der Waals surface area contributed by atoms with Gasteiger partial charge in [-0.1, -0.05) is 0 Å². The predicted molar refractivity (Wildman–Crippen MR) is 85.5 cm³/mol. The Balaban J connectivity index is 1.95. The molecule has 2 N–H and O–H groups in total. The van der Waals surface area contributed by atoms with Gasteiger partial charge >= 0.3 is 0 Å². The number of rotatable bonds is 2. The Morgan fingerprint density at radius 2 is 2.27 bits per heavy atom. The quantitative estimate of drug-likeness (QED) is 0.911. The van der Waals surface area contributed by atoms with Crippen LogP contribution in [0.4, 0.5) is 0 Å². The van der Waals surface area contributed by atoms with Gasteiger partial charge in [-0.25, -0.2) is 4.98 Å². The molecule has 0 spiro atoms. The number of carbonyl (C=O) groups excluding carboxylic acids is 1. The summed E-state index contributed by atoms with van der Waals surface area (Å²) in [7, 11) is 1.84. The van der Waals surface area contributed by atoms with Crippen molar-refractivity contribution in [2.24, 2.45) is 18.7 Å². The predicted octanol–water partition coefficient (Wildman–Crippen LogP) is 1.48. The lowest BCUT2D eigenvalue weighted by molar-refractivity contribution is 0.0663. The first-order valence-corrected chi connectivity index (χ1v) is 7.81. The van der Waals surface area contributed by atoms with E-state index in [0.29, 0.717) is 11.5 Å². The Morgan fingerprint density at radius 1 is 1.50 bits per heavy atom. The van der Waals surface area contributed by atoms with Crippen molar-refractivity contribution in [1.82, 2.24) is 19.7 Å². The fraction of sp³-hybridized carbons (Fsp3) is 0.562. The number of likely N-dealkylation sites (tertiary alicyclic amines) is 1. The van der Waals surface area contributed by atoms with Crippen LogP contribution in [0.3, 0.4) is 0 Å². The van der Waals surface area contributed by atoms with Gasteiger partial charge in [0.2, 0.25) is 0 Å². The maximum absolute atomic E-state index is 13.0. The summed E-state index contributed by atoms with van der Waals surface area (Å²) in [6.45, 7) is 5.46. The molecule has 6 nitrogen and oxygen atoms in total. The Kier molecular flexibility index (Phi) is 3.87. The van der Waals surface area contributed by atoms with Gasteiger partial charge in [0, 0.05) is 31.9 Å². The summed E-state index contributed by atoms with van der Waals surface area (Å²) < 4.78 is 1.71. The van der Waals surface area contributed by atoms with Gasteiger partial charge in [0.05, 0.1) is 17.1 Å². The Labute approximate surface area is 130 Å². The van der Waals surface area contributed by atoms with Gasteiger partial charge in [-0.3, -0.25) is 9.48 Å². The molecule has 22 heavy (non-hydrogen) atoms. The maximum Gasteiger partial charge on any atom is 0.254 e. The molecule has 1 amide bonds. The lowest BCUT2D eigenvalue weighted by atomic mass is 9.91. The van der Waals surface area contributed by atoms with Gasteiger partial charge in [-0.2, -0.15) is 5.10 Å². The molecule has 0 aromatic carbocycles. The fourth-order valence-electron chi connectivity index (χ4n) is 3.21. The highest BCUT2D eigenvalue weighted by atomic mass is 16.2. The van der Waals surface area contributed by atoms with E-state index in [1.54, 1.807) is 10.9 Å². The van der Waals surface area contributed by atoms with Crippen LogP contribution in [0, 0.1) is 12.8 Å². The first-order valence-electron chi connectivity index (χ1n) is 7.81. The number of nitrogens with two attached hydrogens (primary N) is 1. The molecule has 0 bridgehead atoms. The normalized spacial score (nSPS) is 20.4. The number of pyridine rings is 1. The smallest absolute Gasteiger partial charge is 0.254 e. The van der Waals surface area contributed by atoms with Gasteiger partial charge in [0.25, 0.3) is 5.91 Å². The topological polar surface area (TPSA) is 77.0 Å². The van der Waals surface area contributed by atoms with Crippen molar-refractivity contribution in [3.8, 4) is 0 Å². The van der Waals surface area contributed by atoms with E-state index in [1.165, 1.54) is 0 Å². The van der Waals surface area contributed by atoms with Crippen molar-refractivity contribution in [2.75, 3.05) is 13.1 Å². The molecule has 0 unspecified atom stereocenters. The summed E-state index contributed by atoms with van der Waals surface area (Å²) in [6, 6.07) is 1.98. The van der Waals surface area contributed by atoms with Crippen LogP contribution in [-0.2, 0) is 7.05 Å². The second kappa shape index (κ2) is 5.68. The summed E-state index contributed by atoms with van der Waals surface area (Å²) in [6.07, 6.45) is 3.83. The van der Waals surface area contributed by atoms with E-state index in [9.17, 15) is 4.79 Å².